The minimum atomic E-state index is 0.346. The van der Waals surface area contributed by atoms with Gasteiger partial charge in [-0.05, 0) is 55.0 Å². The normalized spacial score (nSPS) is 25.2. The first-order valence-electron chi connectivity index (χ1n) is 13.3. The number of fused-ring (bicyclic) bond motifs is 3. The van der Waals surface area contributed by atoms with Gasteiger partial charge in [0.05, 0.1) is 22.3 Å². The molecule has 2 aliphatic heterocycles. The van der Waals surface area contributed by atoms with Crippen molar-refractivity contribution in [2.24, 2.45) is 5.92 Å². The molecule has 0 amide bonds. The van der Waals surface area contributed by atoms with Crippen LogP contribution in [0, 0.1) is 5.92 Å². The molecule has 1 N–H and O–H groups in total. The predicted octanol–water partition coefficient (Wildman–Crippen LogP) is 6.18. The number of piperidine rings is 1. The van der Waals surface area contributed by atoms with E-state index in [0.29, 0.717) is 29.8 Å². The van der Waals surface area contributed by atoms with Gasteiger partial charge in [-0.25, -0.2) is 4.98 Å². The summed E-state index contributed by atoms with van der Waals surface area (Å²) in [4.78, 5) is 7.71. The summed E-state index contributed by atoms with van der Waals surface area (Å²) >= 11 is 1.84. The summed E-state index contributed by atoms with van der Waals surface area (Å²) in [5.74, 6) is 2.69. The summed E-state index contributed by atoms with van der Waals surface area (Å²) in [5, 5.41) is 5.33. The Bertz CT molecular complexity index is 1310. The SMILES string of the molecule is COc1cc2sc(C3CC3)nc2cc1CN[C@H]1[C@H]2CCN(C2)[C@@H]1C(c1ccccc1)c1ccccc1. The lowest BCUT2D eigenvalue weighted by Gasteiger charge is -2.39. The minimum Gasteiger partial charge on any atom is -0.496 e. The highest BCUT2D eigenvalue weighted by Gasteiger charge is 2.49. The van der Waals surface area contributed by atoms with Crippen LogP contribution in [0.15, 0.2) is 72.8 Å². The Kier molecular flexibility index (Phi) is 5.80. The molecule has 3 aromatic carbocycles. The molecule has 3 fully saturated rings. The van der Waals surface area contributed by atoms with Gasteiger partial charge in [0.15, 0.2) is 0 Å². The molecule has 4 aromatic rings. The van der Waals surface area contributed by atoms with Gasteiger partial charge in [-0.1, -0.05) is 60.7 Å². The Morgan fingerprint density at radius 2 is 1.72 bits per heavy atom. The zero-order valence-corrected chi connectivity index (χ0v) is 21.6. The van der Waals surface area contributed by atoms with E-state index in [-0.39, 0.29) is 0 Å². The second kappa shape index (κ2) is 9.29. The van der Waals surface area contributed by atoms with Gasteiger partial charge in [-0.2, -0.15) is 0 Å². The van der Waals surface area contributed by atoms with Crippen molar-refractivity contribution in [1.82, 2.24) is 15.2 Å². The molecule has 0 radical (unpaired) electrons. The molecule has 1 aliphatic carbocycles. The largest absolute Gasteiger partial charge is 0.496 e. The van der Waals surface area contributed by atoms with E-state index in [2.05, 4.69) is 83.0 Å². The van der Waals surface area contributed by atoms with E-state index in [4.69, 9.17) is 9.72 Å². The van der Waals surface area contributed by atoms with Crippen LogP contribution < -0.4 is 10.1 Å². The molecular formula is C31H33N3OS. The van der Waals surface area contributed by atoms with Crippen LogP contribution >= 0.6 is 11.3 Å². The maximum atomic E-state index is 5.86. The molecule has 4 atom stereocenters. The summed E-state index contributed by atoms with van der Waals surface area (Å²) in [6, 6.07) is 27.5. The Morgan fingerprint density at radius 1 is 1.00 bits per heavy atom. The average molecular weight is 496 g/mol. The maximum Gasteiger partial charge on any atom is 0.124 e. The van der Waals surface area contributed by atoms with Crippen molar-refractivity contribution in [3.05, 3.63) is 94.5 Å². The third-order valence-corrected chi connectivity index (χ3v) is 9.66. The topological polar surface area (TPSA) is 37.4 Å². The summed E-state index contributed by atoms with van der Waals surface area (Å²) in [7, 11) is 1.79. The number of nitrogens with one attached hydrogen (secondary N) is 1. The third-order valence-electron chi connectivity index (χ3n) is 8.47. The van der Waals surface area contributed by atoms with E-state index >= 15 is 0 Å². The van der Waals surface area contributed by atoms with Gasteiger partial charge in [0.2, 0.25) is 0 Å². The monoisotopic (exact) mass is 495 g/mol. The summed E-state index contributed by atoms with van der Waals surface area (Å²) in [6.07, 6.45) is 3.85. The quantitative estimate of drug-likeness (QED) is 0.317. The van der Waals surface area contributed by atoms with Crippen LogP contribution in [0.3, 0.4) is 0 Å². The van der Waals surface area contributed by atoms with Crippen molar-refractivity contribution in [3.8, 4) is 5.75 Å². The van der Waals surface area contributed by atoms with Gasteiger partial charge in [-0.15, -0.1) is 11.3 Å². The van der Waals surface area contributed by atoms with Gasteiger partial charge in [-0.3, -0.25) is 4.90 Å². The fourth-order valence-electron chi connectivity index (χ4n) is 6.58. The van der Waals surface area contributed by atoms with Crippen LogP contribution in [0.1, 0.15) is 52.8 Å². The van der Waals surface area contributed by atoms with Crippen molar-refractivity contribution in [3.63, 3.8) is 0 Å². The summed E-state index contributed by atoms with van der Waals surface area (Å²) in [5.41, 5.74) is 5.15. The fourth-order valence-corrected chi connectivity index (χ4v) is 7.72. The molecule has 0 spiro atoms. The van der Waals surface area contributed by atoms with Gasteiger partial charge in [0.1, 0.15) is 5.75 Å². The molecule has 1 saturated carbocycles. The van der Waals surface area contributed by atoms with Gasteiger partial charge >= 0.3 is 0 Å². The molecule has 2 saturated heterocycles. The number of aromatic nitrogens is 1. The highest BCUT2D eigenvalue weighted by atomic mass is 32.1. The van der Waals surface area contributed by atoms with Crippen molar-refractivity contribution >= 4 is 21.6 Å². The lowest BCUT2D eigenvalue weighted by Crippen LogP contribution is -2.50. The van der Waals surface area contributed by atoms with Crippen molar-refractivity contribution < 1.29 is 4.74 Å². The van der Waals surface area contributed by atoms with Crippen molar-refractivity contribution in [2.45, 2.75) is 49.7 Å². The number of nitrogens with zero attached hydrogens (tertiary/aromatic N) is 2. The maximum absolute atomic E-state index is 5.86. The molecule has 2 bridgehead atoms. The Hall–Kier alpha value is -2.73. The molecule has 7 rings (SSSR count). The third kappa shape index (κ3) is 4.03. The number of rotatable bonds is 8. The first-order chi connectivity index (χ1) is 17.8. The van der Waals surface area contributed by atoms with Crippen LogP contribution in [0.5, 0.6) is 5.75 Å². The van der Waals surface area contributed by atoms with E-state index in [0.717, 1.165) is 17.8 Å². The van der Waals surface area contributed by atoms with Gasteiger partial charge < -0.3 is 10.1 Å². The van der Waals surface area contributed by atoms with E-state index < -0.39 is 0 Å². The first-order valence-corrected chi connectivity index (χ1v) is 14.1. The Morgan fingerprint density at radius 3 is 2.39 bits per heavy atom. The highest BCUT2D eigenvalue weighted by Crippen LogP contribution is 2.45. The number of methoxy groups -OCH3 is 1. The summed E-state index contributed by atoms with van der Waals surface area (Å²) in [6.45, 7) is 3.18. The number of hydrogen-bond donors (Lipinski definition) is 1. The molecule has 184 valence electrons. The molecule has 4 nitrogen and oxygen atoms in total. The second-order valence-corrected chi connectivity index (χ2v) is 11.8. The van der Waals surface area contributed by atoms with Crippen molar-refractivity contribution in [2.75, 3.05) is 20.2 Å². The first kappa shape index (κ1) is 22.5. The molecule has 36 heavy (non-hydrogen) atoms. The molecule has 3 aliphatic rings. The zero-order valence-electron chi connectivity index (χ0n) is 20.8. The second-order valence-electron chi connectivity index (χ2n) is 10.7. The number of thiazole rings is 1. The van der Waals surface area contributed by atoms with Crippen LogP contribution in [-0.4, -0.2) is 42.2 Å². The fraction of sp³-hybridized carbons (Fsp3) is 0.387. The molecule has 3 heterocycles. The van der Waals surface area contributed by atoms with E-state index in [9.17, 15) is 0 Å². The number of ether oxygens (including phenoxy) is 1. The number of hydrogen-bond acceptors (Lipinski definition) is 5. The molecule has 1 aromatic heterocycles. The zero-order chi connectivity index (χ0) is 24.1. The van der Waals surface area contributed by atoms with E-state index in [1.54, 1.807) is 7.11 Å². The smallest absolute Gasteiger partial charge is 0.124 e. The Labute approximate surface area is 217 Å². The van der Waals surface area contributed by atoms with E-state index in [1.165, 1.54) is 58.7 Å². The lowest BCUT2D eigenvalue weighted by atomic mass is 9.78. The van der Waals surface area contributed by atoms with E-state index in [1.807, 2.05) is 11.3 Å². The predicted molar refractivity (Wildman–Crippen MR) is 147 cm³/mol. The molecule has 5 heteroatoms. The van der Waals surface area contributed by atoms with Crippen molar-refractivity contribution in [1.29, 1.82) is 0 Å². The van der Waals surface area contributed by atoms with Crippen LogP contribution in [0.25, 0.3) is 10.2 Å². The van der Waals surface area contributed by atoms with Crippen LogP contribution in [0.4, 0.5) is 0 Å². The highest BCUT2D eigenvalue weighted by molar-refractivity contribution is 7.18. The standard InChI is InChI=1S/C31H33N3OS/c1-35-26-17-27-25(33-31(36-27)22-12-13-22)16-24(26)18-32-29-23-14-15-34(19-23)30(29)28(20-8-4-2-5-9-20)21-10-6-3-7-11-21/h2-11,16-17,22-23,28-30,32H,12-15,18-19H2,1H3/t23-,29-,30+/m0/s1. The Balaban J connectivity index is 1.20. The lowest BCUT2D eigenvalue weighted by molar-refractivity contribution is 0.197. The van der Waals surface area contributed by atoms with Crippen LogP contribution in [0.2, 0.25) is 0 Å². The minimum absolute atomic E-state index is 0.346. The van der Waals surface area contributed by atoms with Gasteiger partial charge in [0, 0.05) is 42.6 Å². The van der Waals surface area contributed by atoms with Gasteiger partial charge in [0.25, 0.3) is 0 Å². The molecule has 1 unspecified atom stereocenters. The molecular weight excluding hydrogens is 462 g/mol. The number of benzene rings is 3. The summed E-state index contributed by atoms with van der Waals surface area (Å²) < 4.78 is 7.10. The average Bonchev–Trinajstić information content (AvgIpc) is 3.38. The van der Waals surface area contributed by atoms with Crippen LogP contribution in [-0.2, 0) is 6.54 Å².